The Labute approximate surface area is 63.2 Å². The van der Waals surface area contributed by atoms with Crippen molar-refractivity contribution in [3.8, 4) is 0 Å². The van der Waals surface area contributed by atoms with Crippen molar-refractivity contribution in [1.29, 1.82) is 0 Å². The molecule has 0 radical (unpaired) electrons. The Morgan fingerprint density at radius 1 is 1.50 bits per heavy atom. The molecule has 0 bridgehead atoms. The highest BCUT2D eigenvalue weighted by atomic mass is 14.7. The summed E-state index contributed by atoms with van der Waals surface area (Å²) in [7, 11) is 0. The predicted molar refractivity (Wildman–Crippen MR) is 47.3 cm³/mol. The Bertz CT molecular complexity index is 152. The van der Waals surface area contributed by atoms with Crippen LogP contribution in [0.25, 0.3) is 0 Å². The minimum atomic E-state index is 0.585. The zero-order valence-corrected chi connectivity index (χ0v) is 6.96. The normalized spacial score (nSPS) is 13.0. The monoisotopic (exact) mass is 137 g/mol. The van der Waals surface area contributed by atoms with Gasteiger partial charge in [-0.2, -0.15) is 0 Å². The zero-order valence-electron chi connectivity index (χ0n) is 6.96. The highest BCUT2D eigenvalue weighted by molar-refractivity contribution is 5.70. The van der Waals surface area contributed by atoms with Gasteiger partial charge >= 0.3 is 0 Å². The molecule has 0 aliphatic rings. The second-order valence-corrected chi connectivity index (χ2v) is 2.56. The quantitative estimate of drug-likeness (QED) is 0.530. The average molecular weight is 137 g/mol. The van der Waals surface area contributed by atoms with Crippen molar-refractivity contribution >= 4 is 6.21 Å². The van der Waals surface area contributed by atoms with Crippen LogP contribution in [0.2, 0.25) is 0 Å². The fourth-order valence-corrected chi connectivity index (χ4v) is 0.371. The third-order valence-corrected chi connectivity index (χ3v) is 1.38. The van der Waals surface area contributed by atoms with Crippen LogP contribution in [-0.4, -0.2) is 6.21 Å². The van der Waals surface area contributed by atoms with Gasteiger partial charge in [-0.1, -0.05) is 32.1 Å². The Morgan fingerprint density at radius 2 is 2.10 bits per heavy atom. The van der Waals surface area contributed by atoms with Gasteiger partial charge in [0.2, 0.25) is 0 Å². The first-order chi connectivity index (χ1) is 4.68. The SMILES string of the molecule is C=CC=N/C=C(\C)C(C)C. The highest BCUT2D eigenvalue weighted by Gasteiger charge is 1.92. The molecule has 0 fully saturated rings. The van der Waals surface area contributed by atoms with Gasteiger partial charge in [-0.25, -0.2) is 0 Å². The van der Waals surface area contributed by atoms with Crippen molar-refractivity contribution in [2.75, 3.05) is 0 Å². The van der Waals surface area contributed by atoms with E-state index in [1.807, 2.05) is 6.20 Å². The van der Waals surface area contributed by atoms with E-state index in [0.717, 1.165) is 0 Å². The fourth-order valence-electron chi connectivity index (χ4n) is 0.371. The molecule has 0 aliphatic carbocycles. The first-order valence-corrected chi connectivity index (χ1v) is 3.49. The summed E-state index contributed by atoms with van der Waals surface area (Å²) < 4.78 is 0. The maximum Gasteiger partial charge on any atom is 0.0261 e. The van der Waals surface area contributed by atoms with E-state index in [1.54, 1.807) is 12.3 Å². The maximum atomic E-state index is 4.01. The number of aliphatic imine (C=N–C) groups is 1. The summed E-state index contributed by atoms with van der Waals surface area (Å²) in [5.41, 5.74) is 1.29. The number of allylic oxidation sites excluding steroid dienone is 2. The zero-order chi connectivity index (χ0) is 7.98. The van der Waals surface area contributed by atoms with Crippen LogP contribution < -0.4 is 0 Å². The molecule has 0 aromatic rings. The lowest BCUT2D eigenvalue weighted by molar-refractivity contribution is 0.766. The molecule has 0 atom stereocenters. The van der Waals surface area contributed by atoms with E-state index in [4.69, 9.17) is 0 Å². The van der Waals surface area contributed by atoms with Crippen LogP contribution in [0.4, 0.5) is 0 Å². The summed E-state index contributed by atoms with van der Waals surface area (Å²) in [6.07, 6.45) is 5.22. The van der Waals surface area contributed by atoms with Gasteiger partial charge in [0, 0.05) is 12.4 Å². The van der Waals surface area contributed by atoms with Crippen LogP contribution in [0, 0.1) is 5.92 Å². The Kier molecular flexibility index (Phi) is 4.55. The first-order valence-electron chi connectivity index (χ1n) is 3.49. The summed E-state index contributed by atoms with van der Waals surface area (Å²) in [4.78, 5) is 4.01. The van der Waals surface area contributed by atoms with E-state index in [-0.39, 0.29) is 0 Å². The van der Waals surface area contributed by atoms with Crippen molar-refractivity contribution in [2.24, 2.45) is 10.9 Å². The van der Waals surface area contributed by atoms with Gasteiger partial charge in [-0.3, -0.25) is 4.99 Å². The molecule has 0 saturated carbocycles. The summed E-state index contributed by atoms with van der Waals surface area (Å²) in [5.74, 6) is 0.585. The van der Waals surface area contributed by atoms with Gasteiger partial charge in [-0.05, 0) is 12.8 Å². The Morgan fingerprint density at radius 3 is 2.50 bits per heavy atom. The summed E-state index contributed by atoms with van der Waals surface area (Å²) in [6, 6.07) is 0. The van der Waals surface area contributed by atoms with Crippen LogP contribution in [0.3, 0.4) is 0 Å². The summed E-state index contributed by atoms with van der Waals surface area (Å²) >= 11 is 0. The van der Waals surface area contributed by atoms with Gasteiger partial charge < -0.3 is 0 Å². The van der Waals surface area contributed by atoms with Crippen LogP contribution in [0.5, 0.6) is 0 Å². The van der Waals surface area contributed by atoms with Gasteiger partial charge in [0.25, 0.3) is 0 Å². The highest BCUT2D eigenvalue weighted by Crippen LogP contribution is 2.06. The van der Waals surface area contributed by atoms with Gasteiger partial charge in [-0.15, -0.1) is 0 Å². The van der Waals surface area contributed by atoms with Crippen LogP contribution in [0.15, 0.2) is 29.4 Å². The molecule has 0 rings (SSSR count). The lowest BCUT2D eigenvalue weighted by atomic mass is 10.1. The molecule has 0 aromatic heterocycles. The smallest absolute Gasteiger partial charge is 0.0261 e. The predicted octanol–water partition coefficient (Wildman–Crippen LogP) is 2.80. The van der Waals surface area contributed by atoms with Crippen molar-refractivity contribution in [1.82, 2.24) is 0 Å². The molecule has 56 valence electrons. The molecule has 0 saturated heterocycles. The summed E-state index contributed by atoms with van der Waals surface area (Å²) in [6.45, 7) is 9.89. The number of hydrogen-bond donors (Lipinski definition) is 0. The third kappa shape index (κ3) is 4.07. The molecule has 0 aliphatic heterocycles. The molecule has 0 heterocycles. The maximum absolute atomic E-state index is 4.01. The van der Waals surface area contributed by atoms with Crippen molar-refractivity contribution in [3.05, 3.63) is 24.4 Å². The third-order valence-electron chi connectivity index (χ3n) is 1.38. The lowest BCUT2D eigenvalue weighted by Crippen LogP contribution is -1.86. The van der Waals surface area contributed by atoms with Gasteiger partial charge in [0.15, 0.2) is 0 Å². The molecular weight excluding hydrogens is 122 g/mol. The Balaban J connectivity index is 3.91. The van der Waals surface area contributed by atoms with Crippen LogP contribution in [0.1, 0.15) is 20.8 Å². The van der Waals surface area contributed by atoms with E-state index in [0.29, 0.717) is 5.92 Å². The van der Waals surface area contributed by atoms with Crippen LogP contribution in [-0.2, 0) is 0 Å². The molecule has 0 unspecified atom stereocenters. The summed E-state index contributed by atoms with van der Waals surface area (Å²) in [5, 5.41) is 0. The van der Waals surface area contributed by atoms with E-state index < -0.39 is 0 Å². The lowest BCUT2D eigenvalue weighted by Gasteiger charge is -2.00. The molecule has 1 nitrogen and oxygen atoms in total. The number of rotatable bonds is 3. The minimum absolute atomic E-state index is 0.585. The second-order valence-electron chi connectivity index (χ2n) is 2.56. The van der Waals surface area contributed by atoms with E-state index in [9.17, 15) is 0 Å². The van der Waals surface area contributed by atoms with Gasteiger partial charge in [0.05, 0.1) is 0 Å². The molecule has 0 N–H and O–H groups in total. The first kappa shape index (κ1) is 9.15. The minimum Gasteiger partial charge on any atom is -0.265 e. The van der Waals surface area contributed by atoms with Gasteiger partial charge in [0.1, 0.15) is 0 Å². The molecule has 1 heteroatoms. The fraction of sp³-hybridized carbons (Fsp3) is 0.444. The molecular formula is C9H15N. The second kappa shape index (κ2) is 4.98. The van der Waals surface area contributed by atoms with Crippen molar-refractivity contribution in [2.45, 2.75) is 20.8 Å². The van der Waals surface area contributed by atoms with E-state index >= 15 is 0 Å². The molecule has 10 heavy (non-hydrogen) atoms. The van der Waals surface area contributed by atoms with Crippen LogP contribution >= 0.6 is 0 Å². The molecule has 0 spiro atoms. The topological polar surface area (TPSA) is 12.4 Å². The number of nitrogens with zero attached hydrogens (tertiary/aromatic N) is 1. The average Bonchev–Trinajstić information content (AvgIpc) is 1.88. The van der Waals surface area contributed by atoms with E-state index in [1.165, 1.54) is 5.57 Å². The van der Waals surface area contributed by atoms with Crippen molar-refractivity contribution < 1.29 is 0 Å². The Hall–Kier alpha value is -0.850. The molecule has 0 amide bonds. The largest absolute Gasteiger partial charge is 0.265 e. The van der Waals surface area contributed by atoms with E-state index in [2.05, 4.69) is 32.3 Å². The molecule has 0 aromatic carbocycles. The number of hydrogen-bond acceptors (Lipinski definition) is 1. The van der Waals surface area contributed by atoms with Crippen molar-refractivity contribution in [3.63, 3.8) is 0 Å². The standard InChI is InChI=1S/C9H15N/c1-5-6-10-7-9(4)8(2)3/h5-8H,1H2,2-4H3/b9-7+,10-6?.